The molecule has 1 saturated heterocycles. The van der Waals surface area contributed by atoms with Crippen molar-refractivity contribution in [2.45, 2.75) is 19.5 Å². The number of nitrogens with zero attached hydrogens (tertiary/aromatic N) is 5. The number of hydrogen-bond donors (Lipinski definition) is 4. The molecule has 1 aliphatic rings. The molecule has 6 rings (SSSR count). The number of H-pyrrole nitrogens is 1. The number of benzene rings is 2. The number of nitrogens with one attached hydrogen (secondary N) is 2. The fraction of sp³-hybridized carbons (Fsp3) is 0.219. The van der Waals surface area contributed by atoms with Crippen LogP contribution in [-0.4, -0.2) is 74.1 Å². The number of rotatable bonds is 7. The molecule has 1 unspecified atom stereocenters. The zero-order chi connectivity index (χ0) is 32.7. The zero-order valence-corrected chi connectivity index (χ0v) is 26.4. The molecule has 5 N–H and O–H groups in total. The Morgan fingerprint density at radius 2 is 1.87 bits per heavy atom. The molecule has 46 heavy (non-hydrogen) atoms. The summed E-state index contributed by atoms with van der Waals surface area (Å²) < 4.78 is 1.53. The molecule has 0 bridgehead atoms. The summed E-state index contributed by atoms with van der Waals surface area (Å²) in [5.74, 6) is -0.807. The van der Waals surface area contributed by atoms with Gasteiger partial charge in [-0.1, -0.05) is 53.5 Å². The zero-order valence-electron chi connectivity index (χ0n) is 24.9. The lowest BCUT2D eigenvalue weighted by Gasteiger charge is -2.39. The Bertz CT molecular complexity index is 2050. The van der Waals surface area contributed by atoms with Crippen LogP contribution < -0.4 is 21.5 Å². The summed E-state index contributed by atoms with van der Waals surface area (Å²) in [5.41, 5.74) is 6.69. The van der Waals surface area contributed by atoms with Gasteiger partial charge in [0, 0.05) is 49.1 Å². The van der Waals surface area contributed by atoms with Crippen molar-refractivity contribution in [1.29, 1.82) is 0 Å². The van der Waals surface area contributed by atoms with Crippen LogP contribution in [0, 0.1) is 0 Å². The van der Waals surface area contributed by atoms with Crippen molar-refractivity contribution < 1.29 is 14.7 Å². The number of amides is 2. The van der Waals surface area contributed by atoms with Gasteiger partial charge in [0.25, 0.3) is 11.5 Å². The van der Waals surface area contributed by atoms with Crippen LogP contribution in [0.4, 0.5) is 11.5 Å². The normalized spacial score (nSPS) is 15.3. The summed E-state index contributed by atoms with van der Waals surface area (Å²) in [6.45, 7) is 4.41. The Labute approximate surface area is 273 Å². The van der Waals surface area contributed by atoms with E-state index in [4.69, 9.17) is 33.9 Å². The molecule has 12 nitrogen and oxygen atoms in total. The molecule has 0 spiro atoms. The van der Waals surface area contributed by atoms with E-state index < -0.39 is 23.1 Å². The van der Waals surface area contributed by atoms with Gasteiger partial charge >= 0.3 is 0 Å². The first kappa shape index (κ1) is 31.1. The number of aromatic hydroxyl groups is 1. The van der Waals surface area contributed by atoms with Crippen LogP contribution in [0.15, 0.2) is 65.7 Å². The molecule has 0 radical (unpaired) electrons. The highest BCUT2D eigenvalue weighted by atomic mass is 35.5. The molecule has 0 aliphatic carbocycles. The summed E-state index contributed by atoms with van der Waals surface area (Å²) in [4.78, 5) is 55.6. The van der Waals surface area contributed by atoms with E-state index in [2.05, 4.69) is 39.1 Å². The van der Waals surface area contributed by atoms with Crippen molar-refractivity contribution in [3.8, 4) is 28.3 Å². The van der Waals surface area contributed by atoms with Crippen molar-refractivity contribution in [3.05, 3.63) is 86.9 Å². The predicted octanol–water partition coefficient (Wildman–Crippen LogP) is 4.34. The maximum absolute atomic E-state index is 13.6. The first-order valence-electron chi connectivity index (χ1n) is 14.4. The quantitative estimate of drug-likeness (QED) is 0.200. The lowest BCUT2D eigenvalue weighted by Crippen LogP contribution is -2.50. The summed E-state index contributed by atoms with van der Waals surface area (Å²) in [5, 5.41) is 13.5. The molecule has 2 aromatic carbocycles. The second kappa shape index (κ2) is 12.5. The van der Waals surface area contributed by atoms with E-state index in [-0.39, 0.29) is 39.2 Å². The van der Waals surface area contributed by atoms with Crippen LogP contribution in [0.2, 0.25) is 10.0 Å². The number of hydrogen-bond acceptors (Lipinski definition) is 8. The highest BCUT2D eigenvalue weighted by Gasteiger charge is 2.25. The first-order chi connectivity index (χ1) is 22.0. The van der Waals surface area contributed by atoms with Crippen molar-refractivity contribution in [2.75, 3.05) is 36.9 Å². The number of aromatic amines is 1. The average Bonchev–Trinajstić information content (AvgIpc) is 3.38. The third kappa shape index (κ3) is 6.02. The van der Waals surface area contributed by atoms with Crippen molar-refractivity contribution in [3.63, 3.8) is 0 Å². The van der Waals surface area contributed by atoms with E-state index in [1.165, 1.54) is 22.9 Å². The monoisotopic (exact) mass is 660 g/mol. The van der Waals surface area contributed by atoms with Gasteiger partial charge in [-0.05, 0) is 31.7 Å². The third-order valence-electron chi connectivity index (χ3n) is 7.97. The van der Waals surface area contributed by atoms with Crippen molar-refractivity contribution in [2.24, 2.45) is 5.73 Å². The number of fused-ring (bicyclic) bond motifs is 1. The largest absolute Gasteiger partial charge is 0.506 e. The third-order valence-corrected chi connectivity index (χ3v) is 8.56. The fourth-order valence-electron chi connectivity index (χ4n) is 5.71. The highest BCUT2D eigenvalue weighted by Crippen LogP contribution is 2.36. The Morgan fingerprint density at radius 1 is 1.11 bits per heavy atom. The van der Waals surface area contributed by atoms with Crippen LogP contribution in [-0.2, 0) is 11.3 Å². The molecule has 14 heteroatoms. The number of anilines is 2. The molecule has 1 aliphatic heterocycles. The summed E-state index contributed by atoms with van der Waals surface area (Å²) >= 11 is 12.7. The summed E-state index contributed by atoms with van der Waals surface area (Å²) in [6.07, 6.45) is 3.08. The van der Waals surface area contributed by atoms with E-state index in [0.29, 0.717) is 34.0 Å². The molecule has 1 fully saturated rings. The Hall–Kier alpha value is -4.91. The molecule has 3 aromatic heterocycles. The maximum atomic E-state index is 13.6. The molecule has 4 heterocycles. The number of piperazine rings is 1. The number of nitrogens with two attached hydrogens (primary N) is 1. The Balaban J connectivity index is 1.40. The van der Waals surface area contributed by atoms with E-state index in [9.17, 15) is 19.5 Å². The Kier molecular flexibility index (Phi) is 8.43. The molecule has 236 valence electrons. The van der Waals surface area contributed by atoms with Gasteiger partial charge in [0.1, 0.15) is 29.6 Å². The van der Waals surface area contributed by atoms with Crippen molar-refractivity contribution in [1.82, 2.24) is 24.4 Å². The minimum atomic E-state index is -0.901. The van der Waals surface area contributed by atoms with Gasteiger partial charge in [-0.25, -0.2) is 9.97 Å². The Morgan fingerprint density at radius 3 is 2.59 bits per heavy atom. The van der Waals surface area contributed by atoms with Gasteiger partial charge in [-0.15, -0.1) is 0 Å². The highest BCUT2D eigenvalue weighted by molar-refractivity contribution is 6.34. The number of aromatic nitrogens is 4. The SMILES string of the molecule is CC1CN(C)CCN1c1cc(NC(=O)Cn2cc(-c3cc(Cl)c(O)c(C(N)=O)c3)c3c(=O)[nH]c(-c4ccccc4)nc32)c(Cl)cn1. The lowest BCUT2D eigenvalue weighted by molar-refractivity contribution is -0.116. The number of likely N-dealkylation sites (N-methyl/N-ethyl adjacent to an activating group) is 1. The molecule has 1 atom stereocenters. The van der Waals surface area contributed by atoms with Gasteiger partial charge in [-0.3, -0.25) is 14.4 Å². The molecular weight excluding hydrogens is 631 g/mol. The summed E-state index contributed by atoms with van der Waals surface area (Å²) in [7, 11) is 2.07. The van der Waals surface area contributed by atoms with Crippen LogP contribution in [0.1, 0.15) is 17.3 Å². The molecule has 0 saturated carbocycles. The van der Waals surface area contributed by atoms with Crippen LogP contribution in [0.5, 0.6) is 5.75 Å². The number of carbonyl (C=O) groups is 2. The molecule has 5 aromatic rings. The number of carbonyl (C=O) groups excluding carboxylic acids is 2. The van der Waals surface area contributed by atoms with Crippen LogP contribution in [0.25, 0.3) is 33.5 Å². The van der Waals surface area contributed by atoms with Gasteiger partial charge in [0.2, 0.25) is 5.91 Å². The lowest BCUT2D eigenvalue weighted by atomic mass is 10.0. The topological polar surface area (TPSA) is 162 Å². The standard InChI is InChI=1S/C32H30Cl2N8O4/c1-17-14-40(2)8-9-42(17)25-12-24(23(34)13-36-25)37-26(43)16-41-15-21(19-10-20(29(35)45)28(44)22(33)11-19)27-31(41)38-30(39-32(27)46)18-6-4-3-5-7-18/h3-7,10-13,15,17,44H,8-9,14,16H2,1-2H3,(H2,35,45)(H,36,37,43)(H,38,39,46). The minimum absolute atomic E-state index is 0.131. The van der Waals surface area contributed by atoms with Gasteiger partial charge < -0.3 is 35.5 Å². The fourth-order valence-corrected chi connectivity index (χ4v) is 6.08. The minimum Gasteiger partial charge on any atom is -0.506 e. The second-order valence-corrected chi connectivity index (χ2v) is 12.1. The number of primary amides is 1. The first-order valence-corrected chi connectivity index (χ1v) is 15.2. The number of halogens is 2. The number of pyridine rings is 1. The van der Waals surface area contributed by atoms with E-state index >= 15 is 0 Å². The van der Waals surface area contributed by atoms with Crippen LogP contribution >= 0.6 is 23.2 Å². The average molecular weight is 662 g/mol. The summed E-state index contributed by atoms with van der Waals surface area (Å²) in [6, 6.07) is 13.8. The van der Waals surface area contributed by atoms with E-state index in [1.807, 2.05) is 18.2 Å². The van der Waals surface area contributed by atoms with Crippen LogP contribution in [0.3, 0.4) is 0 Å². The van der Waals surface area contributed by atoms with Gasteiger partial charge in [0.15, 0.2) is 0 Å². The van der Waals surface area contributed by atoms with E-state index in [1.54, 1.807) is 24.4 Å². The predicted molar refractivity (Wildman–Crippen MR) is 179 cm³/mol. The number of phenols is 1. The second-order valence-electron chi connectivity index (χ2n) is 11.2. The molecule has 2 amide bonds. The molecular formula is C32H30Cl2N8O4. The maximum Gasteiger partial charge on any atom is 0.261 e. The van der Waals surface area contributed by atoms with Crippen molar-refractivity contribution >= 4 is 57.6 Å². The van der Waals surface area contributed by atoms with Gasteiger partial charge in [-0.2, -0.15) is 0 Å². The smallest absolute Gasteiger partial charge is 0.261 e. The van der Waals surface area contributed by atoms with E-state index in [0.717, 1.165) is 19.6 Å². The van der Waals surface area contributed by atoms with Gasteiger partial charge in [0.05, 0.1) is 32.9 Å².